The zero-order valence-electron chi connectivity index (χ0n) is 12.1. The molecule has 1 rings (SSSR count). The van der Waals surface area contributed by atoms with E-state index in [2.05, 4.69) is 19.4 Å². The first kappa shape index (κ1) is 17.8. The number of esters is 2. The van der Waals surface area contributed by atoms with Crippen LogP contribution in [0.5, 0.6) is 0 Å². The number of ether oxygens (including phenoxy) is 2. The zero-order chi connectivity index (χ0) is 16.5. The Morgan fingerprint density at radius 3 is 2.41 bits per heavy atom. The predicted octanol–water partition coefficient (Wildman–Crippen LogP) is 1.36. The number of thioether (sulfide) groups is 1. The molecule has 0 atom stereocenters. The number of nitrogens with one attached hydrogen (secondary N) is 1. The van der Waals surface area contributed by atoms with Crippen LogP contribution in [0.2, 0.25) is 0 Å². The summed E-state index contributed by atoms with van der Waals surface area (Å²) < 4.78 is 9.26. The monoisotopic (exact) mass is 328 g/mol. The van der Waals surface area contributed by atoms with Crippen molar-refractivity contribution in [3.8, 4) is 0 Å². The molecular formula is C13H16N2O6S. The van der Waals surface area contributed by atoms with E-state index in [1.807, 2.05) is 0 Å². The molecular weight excluding hydrogens is 312 g/mol. The molecule has 2 N–H and O–H groups in total. The van der Waals surface area contributed by atoms with Gasteiger partial charge in [-0.05, 0) is 13.8 Å². The number of carbonyl (C=O) groups excluding carboxylic acids is 3. The Morgan fingerprint density at radius 2 is 1.86 bits per heavy atom. The molecule has 0 bridgehead atoms. The van der Waals surface area contributed by atoms with Gasteiger partial charge in [-0.15, -0.1) is 0 Å². The van der Waals surface area contributed by atoms with E-state index in [1.54, 1.807) is 13.8 Å². The number of allylic oxidation sites excluding steroid dienone is 1. The quantitative estimate of drug-likeness (QED) is 0.241. The zero-order valence-corrected chi connectivity index (χ0v) is 12.9. The van der Waals surface area contributed by atoms with Crippen LogP contribution in [0.4, 0.5) is 0 Å². The number of aliphatic hydroxyl groups is 1. The number of aromatic amines is 1. The molecule has 0 unspecified atom stereocenters. The number of hydrogen-bond donors (Lipinski definition) is 2. The number of imidazole rings is 1. The van der Waals surface area contributed by atoms with E-state index in [-0.39, 0.29) is 18.1 Å². The van der Waals surface area contributed by atoms with Gasteiger partial charge in [-0.3, -0.25) is 4.79 Å². The first-order valence-corrected chi connectivity index (χ1v) is 7.27. The van der Waals surface area contributed by atoms with Gasteiger partial charge in [-0.1, -0.05) is 11.8 Å². The molecule has 0 spiro atoms. The van der Waals surface area contributed by atoms with Gasteiger partial charge in [0.2, 0.25) is 11.5 Å². The fourth-order valence-electron chi connectivity index (χ4n) is 1.33. The molecule has 22 heavy (non-hydrogen) atoms. The van der Waals surface area contributed by atoms with E-state index < -0.39 is 29.9 Å². The van der Waals surface area contributed by atoms with E-state index >= 15 is 0 Å². The SMILES string of the molecule is CCOC(=O)C(=O)C/C(Sc1ncc[nH]1)=C(\O)C(=O)OCC. The van der Waals surface area contributed by atoms with Crippen molar-refractivity contribution in [1.82, 2.24) is 9.97 Å². The van der Waals surface area contributed by atoms with Crippen LogP contribution >= 0.6 is 11.8 Å². The van der Waals surface area contributed by atoms with Gasteiger partial charge in [0.05, 0.1) is 24.5 Å². The number of ketones is 1. The fraction of sp³-hybridized carbons (Fsp3) is 0.385. The molecule has 0 amide bonds. The van der Waals surface area contributed by atoms with Gasteiger partial charge < -0.3 is 19.6 Å². The molecule has 0 saturated carbocycles. The topological polar surface area (TPSA) is 119 Å². The Bertz CT molecular complexity index is 567. The lowest BCUT2D eigenvalue weighted by molar-refractivity contribution is -0.153. The highest BCUT2D eigenvalue weighted by atomic mass is 32.2. The lowest BCUT2D eigenvalue weighted by Crippen LogP contribution is -2.19. The van der Waals surface area contributed by atoms with Crippen LogP contribution in [0.15, 0.2) is 28.2 Å². The number of rotatable bonds is 8. The summed E-state index contributed by atoms with van der Waals surface area (Å²) in [6.45, 7) is 3.26. The Labute approximate surface area is 130 Å². The van der Waals surface area contributed by atoms with Crippen molar-refractivity contribution in [3.63, 3.8) is 0 Å². The summed E-state index contributed by atoms with van der Waals surface area (Å²) in [5.41, 5.74) is 0. The molecule has 0 aliphatic carbocycles. The standard InChI is InChI=1S/C13H16N2O6S/c1-3-20-11(18)8(16)7-9(10(17)12(19)21-4-2)22-13-14-5-6-15-13/h5-6,17H,3-4,7H2,1-2H3,(H,14,15)/b10-9+. The summed E-state index contributed by atoms with van der Waals surface area (Å²) in [6.07, 6.45) is 2.51. The number of hydrogen-bond acceptors (Lipinski definition) is 8. The summed E-state index contributed by atoms with van der Waals surface area (Å²) in [5, 5.41) is 10.3. The number of carbonyl (C=O) groups is 3. The normalized spacial score (nSPS) is 11.5. The lowest BCUT2D eigenvalue weighted by Gasteiger charge is -2.08. The molecule has 0 aromatic carbocycles. The van der Waals surface area contributed by atoms with Crippen molar-refractivity contribution in [1.29, 1.82) is 0 Å². The molecule has 1 aromatic rings. The van der Waals surface area contributed by atoms with E-state index in [1.165, 1.54) is 12.4 Å². The molecule has 8 nitrogen and oxygen atoms in total. The van der Waals surface area contributed by atoms with Crippen molar-refractivity contribution in [3.05, 3.63) is 23.1 Å². The molecule has 0 aliphatic heterocycles. The molecule has 0 fully saturated rings. The Balaban J connectivity index is 2.95. The summed E-state index contributed by atoms with van der Waals surface area (Å²) in [4.78, 5) is 41.3. The minimum Gasteiger partial charge on any atom is -0.501 e. The molecule has 9 heteroatoms. The fourth-order valence-corrected chi connectivity index (χ4v) is 2.19. The van der Waals surface area contributed by atoms with Crippen LogP contribution < -0.4 is 0 Å². The van der Waals surface area contributed by atoms with Gasteiger partial charge in [-0.25, -0.2) is 14.6 Å². The average Bonchev–Trinajstić information content (AvgIpc) is 2.99. The number of aliphatic hydroxyl groups excluding tert-OH is 1. The van der Waals surface area contributed by atoms with Crippen LogP contribution in [-0.2, 0) is 23.9 Å². The Kier molecular flexibility index (Phi) is 7.17. The highest BCUT2D eigenvalue weighted by Crippen LogP contribution is 2.29. The van der Waals surface area contributed by atoms with Crippen LogP contribution in [0.1, 0.15) is 20.3 Å². The minimum absolute atomic E-state index is 0.0496. The molecule has 0 aliphatic rings. The number of H-pyrrole nitrogens is 1. The van der Waals surface area contributed by atoms with E-state index in [9.17, 15) is 19.5 Å². The van der Waals surface area contributed by atoms with Crippen LogP contribution in [0.25, 0.3) is 0 Å². The van der Waals surface area contributed by atoms with Crippen molar-refractivity contribution >= 4 is 29.5 Å². The van der Waals surface area contributed by atoms with Gasteiger partial charge in [0, 0.05) is 12.4 Å². The largest absolute Gasteiger partial charge is 0.501 e. The maximum Gasteiger partial charge on any atom is 0.374 e. The second-order valence-electron chi connectivity index (χ2n) is 3.81. The summed E-state index contributed by atoms with van der Waals surface area (Å²) >= 11 is 0.855. The maximum absolute atomic E-state index is 11.7. The molecule has 1 heterocycles. The number of Topliss-reactive ketones (excluding diaryl/α,β-unsaturated/α-hetero) is 1. The van der Waals surface area contributed by atoms with E-state index in [4.69, 9.17) is 0 Å². The van der Waals surface area contributed by atoms with Crippen molar-refractivity contribution in [2.24, 2.45) is 0 Å². The van der Waals surface area contributed by atoms with Crippen LogP contribution in [-0.4, -0.2) is 46.0 Å². The second kappa shape index (κ2) is 8.88. The first-order chi connectivity index (χ1) is 10.5. The Morgan fingerprint density at radius 1 is 1.23 bits per heavy atom. The molecule has 0 radical (unpaired) electrons. The third-order valence-electron chi connectivity index (χ3n) is 2.25. The van der Waals surface area contributed by atoms with Gasteiger partial charge in [0.15, 0.2) is 5.16 Å². The number of aromatic nitrogens is 2. The lowest BCUT2D eigenvalue weighted by atomic mass is 10.2. The smallest absolute Gasteiger partial charge is 0.374 e. The van der Waals surface area contributed by atoms with Crippen LogP contribution in [0.3, 0.4) is 0 Å². The molecule has 120 valence electrons. The van der Waals surface area contributed by atoms with Crippen molar-refractivity contribution < 1.29 is 29.0 Å². The van der Waals surface area contributed by atoms with Gasteiger partial charge in [-0.2, -0.15) is 0 Å². The summed E-state index contributed by atoms with van der Waals surface area (Å²) in [7, 11) is 0. The van der Waals surface area contributed by atoms with Crippen molar-refractivity contribution in [2.75, 3.05) is 13.2 Å². The summed E-state index contributed by atoms with van der Waals surface area (Å²) in [5.74, 6) is -3.63. The van der Waals surface area contributed by atoms with Gasteiger partial charge in [0.25, 0.3) is 0 Å². The minimum atomic E-state index is -1.03. The highest BCUT2D eigenvalue weighted by Gasteiger charge is 2.24. The third kappa shape index (κ3) is 5.24. The molecule has 0 saturated heterocycles. The predicted molar refractivity (Wildman–Crippen MR) is 77.0 cm³/mol. The van der Waals surface area contributed by atoms with Gasteiger partial charge in [0.1, 0.15) is 0 Å². The molecule has 1 aromatic heterocycles. The van der Waals surface area contributed by atoms with Crippen molar-refractivity contribution in [2.45, 2.75) is 25.4 Å². The van der Waals surface area contributed by atoms with Gasteiger partial charge >= 0.3 is 11.9 Å². The highest BCUT2D eigenvalue weighted by molar-refractivity contribution is 8.03. The average molecular weight is 328 g/mol. The second-order valence-corrected chi connectivity index (χ2v) is 4.89. The van der Waals surface area contributed by atoms with Crippen LogP contribution in [0, 0.1) is 0 Å². The van der Waals surface area contributed by atoms with E-state index in [0.717, 1.165) is 11.8 Å². The maximum atomic E-state index is 11.7. The van der Waals surface area contributed by atoms with E-state index in [0.29, 0.717) is 5.16 Å². The Hall–Kier alpha value is -2.29. The number of nitrogens with zero attached hydrogens (tertiary/aromatic N) is 1. The third-order valence-corrected chi connectivity index (χ3v) is 3.25. The summed E-state index contributed by atoms with van der Waals surface area (Å²) in [6, 6.07) is 0. The first-order valence-electron chi connectivity index (χ1n) is 6.45.